The largest absolute Gasteiger partial charge is 0.468 e. The number of halogens is 2. The molecule has 0 bridgehead atoms. The summed E-state index contributed by atoms with van der Waals surface area (Å²) in [6, 6.07) is 2.85. The number of Topliss-reactive ketones (excluding diaryl/α,β-unsaturated/α-hetero) is 1. The molecule has 0 N–H and O–H groups in total. The summed E-state index contributed by atoms with van der Waals surface area (Å²) in [6.07, 6.45) is 0.0419. The van der Waals surface area contributed by atoms with E-state index in [1.165, 1.54) is 13.2 Å². The van der Waals surface area contributed by atoms with E-state index in [2.05, 4.69) is 20.7 Å². The standard InChI is InChI=1S/C11H8BrFO3S/c1-16-11(15)9-4-8(14)6-2-5(12)3-7(13)10(6)17-9/h2-3,9H,4H2,1H3. The number of carbonyl (C=O) groups is 2. The molecule has 17 heavy (non-hydrogen) atoms. The highest BCUT2D eigenvalue weighted by Gasteiger charge is 2.33. The Balaban J connectivity index is 2.43. The van der Waals surface area contributed by atoms with Crippen molar-refractivity contribution in [3.8, 4) is 0 Å². The monoisotopic (exact) mass is 318 g/mol. The molecule has 90 valence electrons. The SMILES string of the molecule is COC(=O)C1CC(=O)c2cc(Br)cc(F)c2S1. The van der Waals surface area contributed by atoms with Crippen LogP contribution in [0.4, 0.5) is 4.39 Å². The maximum atomic E-state index is 13.7. The Labute approximate surface area is 110 Å². The van der Waals surface area contributed by atoms with Gasteiger partial charge in [-0.1, -0.05) is 15.9 Å². The van der Waals surface area contributed by atoms with Crippen molar-refractivity contribution in [2.45, 2.75) is 16.6 Å². The van der Waals surface area contributed by atoms with Gasteiger partial charge in [0.1, 0.15) is 11.1 Å². The lowest BCUT2D eigenvalue weighted by Crippen LogP contribution is -2.26. The van der Waals surface area contributed by atoms with Gasteiger partial charge in [0.2, 0.25) is 0 Å². The second-order valence-electron chi connectivity index (χ2n) is 3.52. The maximum Gasteiger partial charge on any atom is 0.319 e. The predicted molar refractivity (Wildman–Crippen MR) is 64.7 cm³/mol. The number of ether oxygens (including phenoxy) is 1. The smallest absolute Gasteiger partial charge is 0.319 e. The minimum absolute atomic E-state index is 0.0419. The minimum Gasteiger partial charge on any atom is -0.468 e. The van der Waals surface area contributed by atoms with Crippen LogP contribution in [0.5, 0.6) is 0 Å². The van der Waals surface area contributed by atoms with Gasteiger partial charge in [-0.05, 0) is 12.1 Å². The van der Waals surface area contributed by atoms with E-state index in [4.69, 9.17) is 0 Å². The van der Waals surface area contributed by atoms with E-state index in [0.29, 0.717) is 10.0 Å². The molecule has 0 radical (unpaired) electrons. The normalized spacial score (nSPS) is 18.8. The van der Waals surface area contributed by atoms with Gasteiger partial charge in [0.05, 0.1) is 12.0 Å². The average Bonchev–Trinajstić information content (AvgIpc) is 2.29. The van der Waals surface area contributed by atoms with Crippen LogP contribution in [0.2, 0.25) is 0 Å². The predicted octanol–water partition coefficient (Wildman–Crippen LogP) is 2.81. The molecule has 0 saturated heterocycles. The van der Waals surface area contributed by atoms with Crippen molar-refractivity contribution in [2.75, 3.05) is 7.11 Å². The molecule has 1 atom stereocenters. The van der Waals surface area contributed by atoms with Crippen LogP contribution < -0.4 is 0 Å². The lowest BCUT2D eigenvalue weighted by Gasteiger charge is -2.21. The zero-order valence-electron chi connectivity index (χ0n) is 8.83. The molecule has 1 heterocycles. The molecule has 2 rings (SSSR count). The number of rotatable bonds is 1. The molecule has 1 aromatic carbocycles. The fourth-order valence-corrected chi connectivity index (χ4v) is 3.23. The fraction of sp³-hybridized carbons (Fsp3) is 0.273. The molecule has 0 fully saturated rings. The summed E-state index contributed by atoms with van der Waals surface area (Å²) in [5.74, 6) is -1.24. The lowest BCUT2D eigenvalue weighted by molar-refractivity contribution is -0.139. The third-order valence-corrected chi connectivity index (χ3v) is 4.16. The Bertz CT molecular complexity index is 504. The van der Waals surface area contributed by atoms with E-state index in [1.54, 1.807) is 6.07 Å². The second kappa shape index (κ2) is 4.78. The van der Waals surface area contributed by atoms with Crippen molar-refractivity contribution in [1.29, 1.82) is 0 Å². The molecule has 3 nitrogen and oxygen atoms in total. The summed E-state index contributed by atoms with van der Waals surface area (Å²) in [5.41, 5.74) is 0.321. The van der Waals surface area contributed by atoms with Crippen LogP contribution in [-0.2, 0) is 9.53 Å². The molecule has 1 aliphatic rings. The summed E-state index contributed by atoms with van der Waals surface area (Å²) in [7, 11) is 1.25. The first-order chi connectivity index (χ1) is 8.02. The third-order valence-electron chi connectivity index (χ3n) is 2.40. The summed E-state index contributed by atoms with van der Waals surface area (Å²) in [4.78, 5) is 23.4. The Kier molecular flexibility index (Phi) is 3.53. The zero-order chi connectivity index (χ0) is 12.6. The molecule has 1 unspecified atom stereocenters. The van der Waals surface area contributed by atoms with Crippen molar-refractivity contribution in [1.82, 2.24) is 0 Å². The van der Waals surface area contributed by atoms with Crippen molar-refractivity contribution in [2.24, 2.45) is 0 Å². The van der Waals surface area contributed by atoms with Crippen LogP contribution in [0.25, 0.3) is 0 Å². The maximum absolute atomic E-state index is 13.7. The van der Waals surface area contributed by atoms with Crippen LogP contribution in [0, 0.1) is 5.82 Å². The number of thioether (sulfide) groups is 1. The molecule has 0 aromatic heterocycles. The fourth-order valence-electron chi connectivity index (χ4n) is 1.61. The van der Waals surface area contributed by atoms with Gasteiger partial charge < -0.3 is 4.74 Å². The summed E-state index contributed by atoms with van der Waals surface area (Å²) < 4.78 is 18.8. The van der Waals surface area contributed by atoms with Gasteiger partial charge in [-0.25, -0.2) is 4.39 Å². The van der Waals surface area contributed by atoms with Crippen LogP contribution in [0.3, 0.4) is 0 Å². The number of fused-ring (bicyclic) bond motifs is 1. The molecule has 0 aliphatic carbocycles. The molecule has 1 aliphatic heterocycles. The van der Waals surface area contributed by atoms with Crippen molar-refractivity contribution in [3.05, 3.63) is 28.0 Å². The molecular formula is C11H8BrFO3S. The van der Waals surface area contributed by atoms with E-state index < -0.39 is 17.0 Å². The summed E-state index contributed by atoms with van der Waals surface area (Å²) in [6.45, 7) is 0. The van der Waals surface area contributed by atoms with Crippen molar-refractivity contribution >= 4 is 39.4 Å². The van der Waals surface area contributed by atoms with Crippen LogP contribution >= 0.6 is 27.7 Å². The van der Waals surface area contributed by atoms with Crippen molar-refractivity contribution < 1.29 is 18.7 Å². The van der Waals surface area contributed by atoms with Crippen molar-refractivity contribution in [3.63, 3.8) is 0 Å². The quantitative estimate of drug-likeness (QED) is 0.747. The zero-order valence-corrected chi connectivity index (χ0v) is 11.2. The lowest BCUT2D eigenvalue weighted by atomic mass is 10.1. The van der Waals surface area contributed by atoms with Crippen LogP contribution in [0.15, 0.2) is 21.5 Å². The molecule has 0 saturated carbocycles. The Morgan fingerprint density at radius 1 is 1.59 bits per heavy atom. The van der Waals surface area contributed by atoms with Gasteiger partial charge in [-0.15, -0.1) is 11.8 Å². The Hall–Kier alpha value is -0.880. The van der Waals surface area contributed by atoms with E-state index >= 15 is 0 Å². The highest BCUT2D eigenvalue weighted by atomic mass is 79.9. The minimum atomic E-state index is -0.657. The van der Waals surface area contributed by atoms with E-state index in [9.17, 15) is 14.0 Å². The first kappa shape index (κ1) is 12.6. The number of benzene rings is 1. The van der Waals surface area contributed by atoms with E-state index in [1.807, 2.05) is 0 Å². The summed E-state index contributed by atoms with van der Waals surface area (Å²) in [5, 5.41) is -0.657. The average molecular weight is 319 g/mol. The molecule has 0 spiro atoms. The Morgan fingerprint density at radius 2 is 2.29 bits per heavy atom. The van der Waals surface area contributed by atoms with Crippen LogP contribution in [-0.4, -0.2) is 24.1 Å². The summed E-state index contributed by atoms with van der Waals surface area (Å²) >= 11 is 4.17. The van der Waals surface area contributed by atoms with E-state index in [0.717, 1.165) is 11.8 Å². The number of carbonyl (C=O) groups excluding carboxylic acids is 2. The second-order valence-corrected chi connectivity index (χ2v) is 5.65. The molecular weight excluding hydrogens is 311 g/mol. The van der Waals surface area contributed by atoms with Crippen LogP contribution in [0.1, 0.15) is 16.8 Å². The number of hydrogen-bond acceptors (Lipinski definition) is 4. The number of methoxy groups -OCH3 is 1. The van der Waals surface area contributed by atoms with Gasteiger partial charge in [0, 0.05) is 16.5 Å². The van der Waals surface area contributed by atoms with Gasteiger partial charge in [0.25, 0.3) is 0 Å². The first-order valence-corrected chi connectivity index (χ1v) is 6.47. The molecule has 0 amide bonds. The highest BCUT2D eigenvalue weighted by molar-refractivity contribution is 9.10. The topological polar surface area (TPSA) is 43.4 Å². The number of ketones is 1. The molecule has 1 aromatic rings. The highest BCUT2D eigenvalue weighted by Crippen LogP contribution is 2.39. The first-order valence-electron chi connectivity index (χ1n) is 4.79. The number of esters is 1. The Morgan fingerprint density at radius 3 is 2.94 bits per heavy atom. The van der Waals surface area contributed by atoms with Gasteiger partial charge >= 0.3 is 5.97 Å². The van der Waals surface area contributed by atoms with Gasteiger partial charge in [0.15, 0.2) is 5.78 Å². The number of hydrogen-bond donors (Lipinski definition) is 0. The molecule has 6 heteroatoms. The van der Waals surface area contributed by atoms with Gasteiger partial charge in [-0.2, -0.15) is 0 Å². The van der Waals surface area contributed by atoms with Gasteiger partial charge in [-0.3, -0.25) is 9.59 Å². The third kappa shape index (κ3) is 2.37. The van der Waals surface area contributed by atoms with E-state index in [-0.39, 0.29) is 17.1 Å².